The van der Waals surface area contributed by atoms with Crippen molar-refractivity contribution < 1.29 is 19.7 Å². The maximum atomic E-state index is 10.7. The highest BCUT2D eigenvalue weighted by Gasteiger charge is 2.37. The van der Waals surface area contributed by atoms with Crippen molar-refractivity contribution in [2.75, 3.05) is 13.2 Å². The lowest BCUT2D eigenvalue weighted by molar-refractivity contribution is -0.128. The quantitative estimate of drug-likeness (QED) is 0.400. The van der Waals surface area contributed by atoms with Crippen molar-refractivity contribution in [2.45, 2.75) is 31.2 Å². The molecule has 0 aromatic heterocycles. The Morgan fingerprint density at radius 3 is 2.86 bits per heavy atom. The summed E-state index contributed by atoms with van der Waals surface area (Å²) in [5, 5.41) is 21.0. The van der Waals surface area contributed by atoms with Crippen LogP contribution in [0.2, 0.25) is 0 Å². The molecular formula is C8H16N2O4. The lowest BCUT2D eigenvalue weighted by Gasteiger charge is -2.37. The number of rotatable bonds is 2. The number of aliphatic hydroxyl groups excluding tert-OH is 2. The minimum atomic E-state index is -0.884. The van der Waals surface area contributed by atoms with Crippen LogP contribution in [0.5, 0.6) is 0 Å². The van der Waals surface area contributed by atoms with Gasteiger partial charge in [-0.2, -0.15) is 0 Å². The topological polar surface area (TPSA) is 105 Å². The lowest BCUT2D eigenvalue weighted by Crippen LogP contribution is -2.62. The van der Waals surface area contributed by atoms with Crippen LogP contribution in [0.25, 0.3) is 0 Å². The summed E-state index contributed by atoms with van der Waals surface area (Å²) in [6.07, 6.45) is -1.44. The molecule has 1 fully saturated rings. The van der Waals surface area contributed by atoms with E-state index in [1.54, 1.807) is 0 Å². The van der Waals surface area contributed by atoms with E-state index in [1.165, 1.54) is 6.92 Å². The lowest BCUT2D eigenvalue weighted by atomic mass is 9.96. The first-order valence-corrected chi connectivity index (χ1v) is 4.49. The molecule has 6 nitrogen and oxygen atoms in total. The molecule has 0 saturated carbocycles. The van der Waals surface area contributed by atoms with Crippen molar-refractivity contribution in [1.29, 1.82) is 0 Å². The van der Waals surface area contributed by atoms with E-state index in [1.807, 2.05) is 0 Å². The van der Waals surface area contributed by atoms with Gasteiger partial charge in [0.2, 0.25) is 5.91 Å². The van der Waals surface area contributed by atoms with Crippen LogP contribution in [-0.4, -0.2) is 53.6 Å². The van der Waals surface area contributed by atoms with Gasteiger partial charge in [-0.1, -0.05) is 0 Å². The fourth-order valence-electron chi connectivity index (χ4n) is 1.49. The monoisotopic (exact) mass is 204 g/mol. The van der Waals surface area contributed by atoms with Crippen LogP contribution in [0.1, 0.15) is 6.92 Å². The van der Waals surface area contributed by atoms with Crippen LogP contribution in [0, 0.1) is 0 Å². The molecule has 4 atom stereocenters. The molecule has 0 unspecified atom stereocenters. The first-order valence-electron chi connectivity index (χ1n) is 4.49. The third-order valence-electron chi connectivity index (χ3n) is 2.29. The van der Waals surface area contributed by atoms with Crippen molar-refractivity contribution in [3.63, 3.8) is 0 Å². The molecule has 1 saturated heterocycles. The molecule has 1 aliphatic heterocycles. The van der Waals surface area contributed by atoms with Crippen LogP contribution in [0.15, 0.2) is 0 Å². The Morgan fingerprint density at radius 1 is 1.71 bits per heavy atom. The number of nitrogens with one attached hydrogen (secondary N) is 1. The van der Waals surface area contributed by atoms with Crippen molar-refractivity contribution >= 4 is 5.91 Å². The summed E-state index contributed by atoms with van der Waals surface area (Å²) in [7, 11) is 0. The summed E-state index contributed by atoms with van der Waals surface area (Å²) in [5.74, 6) is -0.243. The van der Waals surface area contributed by atoms with Gasteiger partial charge in [-0.05, 0) is 0 Å². The Balaban J connectivity index is 2.54. The number of ether oxygens (including phenoxy) is 1. The Hall–Kier alpha value is -0.690. The number of aliphatic hydroxyl groups is 2. The predicted molar refractivity (Wildman–Crippen MR) is 48.4 cm³/mol. The van der Waals surface area contributed by atoms with E-state index < -0.39 is 24.3 Å². The van der Waals surface area contributed by atoms with E-state index in [9.17, 15) is 9.90 Å². The van der Waals surface area contributed by atoms with E-state index in [0.29, 0.717) is 0 Å². The van der Waals surface area contributed by atoms with Crippen LogP contribution in [-0.2, 0) is 9.53 Å². The van der Waals surface area contributed by atoms with Gasteiger partial charge in [0.05, 0.1) is 37.5 Å². The molecule has 1 amide bonds. The number of carbonyl (C=O) groups excluding carboxylic acids is 1. The average molecular weight is 204 g/mol. The Kier molecular flexibility index (Phi) is 3.82. The average Bonchev–Trinajstić information content (AvgIpc) is 2.13. The molecule has 82 valence electrons. The normalized spacial score (nSPS) is 38.0. The standard InChI is InChI=1S/C8H16N2O4/c1-4(12)10-5-3-14-6(2-11)7(9)8(5)13/h5-8,11,13H,2-3,9H2,1H3,(H,10,12)/t5-,6+,7+,8+/m0/s1. The highest BCUT2D eigenvalue weighted by Crippen LogP contribution is 2.13. The van der Waals surface area contributed by atoms with E-state index in [4.69, 9.17) is 15.6 Å². The zero-order chi connectivity index (χ0) is 10.7. The van der Waals surface area contributed by atoms with Crippen LogP contribution in [0.3, 0.4) is 0 Å². The van der Waals surface area contributed by atoms with Gasteiger partial charge >= 0.3 is 0 Å². The highest BCUT2D eigenvalue weighted by atomic mass is 16.5. The van der Waals surface area contributed by atoms with Crippen molar-refractivity contribution in [3.05, 3.63) is 0 Å². The van der Waals surface area contributed by atoms with Crippen molar-refractivity contribution in [1.82, 2.24) is 5.32 Å². The van der Waals surface area contributed by atoms with Crippen molar-refractivity contribution in [2.24, 2.45) is 5.73 Å². The molecule has 1 rings (SSSR count). The molecule has 0 aliphatic carbocycles. The van der Waals surface area contributed by atoms with E-state index in [-0.39, 0.29) is 19.1 Å². The molecule has 5 N–H and O–H groups in total. The SMILES string of the molecule is CC(=O)N[C@H]1CO[C@H](CO)[C@@H](N)[C@@H]1O. The third-order valence-corrected chi connectivity index (χ3v) is 2.29. The van der Waals surface area contributed by atoms with E-state index >= 15 is 0 Å². The van der Waals surface area contributed by atoms with Gasteiger partial charge in [0.25, 0.3) is 0 Å². The van der Waals surface area contributed by atoms with Crippen LogP contribution in [0.4, 0.5) is 0 Å². The van der Waals surface area contributed by atoms with Crippen molar-refractivity contribution in [3.8, 4) is 0 Å². The predicted octanol–water partition coefficient (Wildman–Crippen LogP) is -2.43. The molecular weight excluding hydrogens is 188 g/mol. The van der Waals surface area contributed by atoms with Gasteiger partial charge in [0.1, 0.15) is 0 Å². The first-order chi connectivity index (χ1) is 6.56. The minimum absolute atomic E-state index is 0.166. The second kappa shape index (κ2) is 4.70. The van der Waals surface area contributed by atoms with E-state index in [2.05, 4.69) is 5.32 Å². The maximum Gasteiger partial charge on any atom is 0.217 e. The Bertz CT molecular complexity index is 212. The Morgan fingerprint density at radius 2 is 2.36 bits per heavy atom. The molecule has 14 heavy (non-hydrogen) atoms. The van der Waals surface area contributed by atoms with Gasteiger partial charge in [0.15, 0.2) is 0 Å². The second-order valence-corrected chi connectivity index (χ2v) is 3.43. The molecule has 0 bridgehead atoms. The summed E-state index contributed by atoms with van der Waals surface area (Å²) in [4.78, 5) is 10.7. The fraction of sp³-hybridized carbons (Fsp3) is 0.875. The number of hydrogen-bond donors (Lipinski definition) is 4. The van der Waals surface area contributed by atoms with Crippen LogP contribution < -0.4 is 11.1 Å². The first kappa shape index (κ1) is 11.4. The van der Waals surface area contributed by atoms with Crippen LogP contribution >= 0.6 is 0 Å². The number of hydrogen-bond acceptors (Lipinski definition) is 5. The third kappa shape index (κ3) is 2.42. The maximum absolute atomic E-state index is 10.7. The number of carbonyl (C=O) groups is 1. The summed E-state index contributed by atoms with van der Waals surface area (Å²) in [5.41, 5.74) is 5.61. The number of nitrogens with two attached hydrogens (primary N) is 1. The summed E-state index contributed by atoms with van der Waals surface area (Å²) >= 11 is 0. The molecule has 0 spiro atoms. The Labute approximate surface area is 82.0 Å². The molecule has 0 aromatic rings. The van der Waals surface area contributed by atoms with Gasteiger partial charge in [-0.3, -0.25) is 4.79 Å². The van der Waals surface area contributed by atoms with E-state index in [0.717, 1.165) is 0 Å². The second-order valence-electron chi connectivity index (χ2n) is 3.43. The molecule has 0 aromatic carbocycles. The summed E-state index contributed by atoms with van der Waals surface area (Å²) in [6.45, 7) is 1.29. The molecule has 1 aliphatic rings. The largest absolute Gasteiger partial charge is 0.394 e. The van der Waals surface area contributed by atoms with Gasteiger partial charge in [0, 0.05) is 6.92 Å². The molecule has 1 heterocycles. The smallest absolute Gasteiger partial charge is 0.217 e. The highest BCUT2D eigenvalue weighted by molar-refractivity contribution is 5.73. The minimum Gasteiger partial charge on any atom is -0.394 e. The van der Waals surface area contributed by atoms with Gasteiger partial charge < -0.3 is 26.0 Å². The fourth-order valence-corrected chi connectivity index (χ4v) is 1.49. The van der Waals surface area contributed by atoms with Gasteiger partial charge in [-0.25, -0.2) is 0 Å². The molecule has 6 heteroatoms. The summed E-state index contributed by atoms with van der Waals surface area (Å²) in [6, 6.07) is -1.17. The molecule has 0 radical (unpaired) electrons. The number of amides is 1. The zero-order valence-corrected chi connectivity index (χ0v) is 8.01. The zero-order valence-electron chi connectivity index (χ0n) is 8.01. The van der Waals surface area contributed by atoms with Gasteiger partial charge in [-0.15, -0.1) is 0 Å². The summed E-state index contributed by atoms with van der Waals surface area (Å²) < 4.78 is 5.17.